The molecule has 1 saturated heterocycles. The maximum atomic E-state index is 12.0. The SMILES string of the molecule is CC(C)(C)OC(=O)N1CCC(=Cc2ncccc2NO)CC1. The van der Waals surface area contributed by atoms with Gasteiger partial charge in [0.1, 0.15) is 5.60 Å². The number of amides is 1. The smallest absolute Gasteiger partial charge is 0.410 e. The highest BCUT2D eigenvalue weighted by atomic mass is 16.6. The molecule has 2 heterocycles. The molecule has 0 aliphatic carbocycles. The van der Waals surface area contributed by atoms with E-state index in [4.69, 9.17) is 9.94 Å². The predicted octanol–water partition coefficient (Wildman–Crippen LogP) is 3.30. The van der Waals surface area contributed by atoms with Gasteiger partial charge in [0.05, 0.1) is 11.4 Å². The summed E-state index contributed by atoms with van der Waals surface area (Å²) in [7, 11) is 0. The Morgan fingerprint density at radius 1 is 1.41 bits per heavy atom. The van der Waals surface area contributed by atoms with Gasteiger partial charge in [0.2, 0.25) is 0 Å². The van der Waals surface area contributed by atoms with Crippen LogP contribution in [0.2, 0.25) is 0 Å². The summed E-state index contributed by atoms with van der Waals surface area (Å²) in [4.78, 5) is 18.0. The van der Waals surface area contributed by atoms with Crippen LogP contribution in [0.3, 0.4) is 0 Å². The van der Waals surface area contributed by atoms with Crippen LogP contribution in [0.5, 0.6) is 0 Å². The van der Waals surface area contributed by atoms with E-state index >= 15 is 0 Å². The van der Waals surface area contributed by atoms with Crippen LogP contribution in [0, 0.1) is 0 Å². The number of aromatic nitrogens is 1. The lowest BCUT2D eigenvalue weighted by molar-refractivity contribution is 0.0237. The molecule has 0 saturated carbocycles. The third-order valence-electron chi connectivity index (χ3n) is 3.36. The molecule has 1 aliphatic rings. The summed E-state index contributed by atoms with van der Waals surface area (Å²) >= 11 is 0. The highest BCUT2D eigenvalue weighted by Crippen LogP contribution is 2.23. The molecule has 0 radical (unpaired) electrons. The van der Waals surface area contributed by atoms with Crippen LogP contribution < -0.4 is 5.48 Å². The van der Waals surface area contributed by atoms with Gasteiger partial charge in [-0.05, 0) is 51.8 Å². The number of carbonyl (C=O) groups is 1. The van der Waals surface area contributed by atoms with Crippen molar-refractivity contribution >= 4 is 17.9 Å². The Morgan fingerprint density at radius 2 is 2.09 bits per heavy atom. The summed E-state index contributed by atoms with van der Waals surface area (Å²) in [5.74, 6) is 0. The normalized spacial score (nSPS) is 15.5. The number of anilines is 1. The first-order chi connectivity index (χ1) is 10.4. The van der Waals surface area contributed by atoms with Crippen molar-refractivity contribution < 1.29 is 14.7 Å². The first-order valence-electron chi connectivity index (χ1n) is 7.41. The predicted molar refractivity (Wildman–Crippen MR) is 84.7 cm³/mol. The quantitative estimate of drug-likeness (QED) is 0.820. The molecule has 6 heteroatoms. The molecule has 22 heavy (non-hydrogen) atoms. The average Bonchev–Trinajstić information content (AvgIpc) is 2.47. The zero-order valence-corrected chi connectivity index (χ0v) is 13.3. The van der Waals surface area contributed by atoms with Gasteiger partial charge in [-0.25, -0.2) is 4.79 Å². The van der Waals surface area contributed by atoms with Crippen molar-refractivity contribution in [3.05, 3.63) is 29.6 Å². The summed E-state index contributed by atoms with van der Waals surface area (Å²) in [5, 5.41) is 9.08. The van der Waals surface area contributed by atoms with E-state index in [0.717, 1.165) is 12.8 Å². The number of piperidine rings is 1. The van der Waals surface area contributed by atoms with Crippen molar-refractivity contribution in [2.24, 2.45) is 0 Å². The fourth-order valence-electron chi connectivity index (χ4n) is 2.27. The first kappa shape index (κ1) is 16.3. The standard InChI is InChI=1S/C16H23N3O3/c1-16(2,3)22-15(20)19-9-6-12(7-10-19)11-14-13(18-21)5-4-8-17-14/h4-5,8,11,18,21H,6-7,9-10H2,1-3H3. The topological polar surface area (TPSA) is 74.7 Å². The molecule has 2 N–H and O–H groups in total. The molecule has 1 fully saturated rings. The number of hydrogen-bond donors (Lipinski definition) is 2. The van der Waals surface area contributed by atoms with E-state index < -0.39 is 5.60 Å². The van der Waals surface area contributed by atoms with E-state index in [2.05, 4.69) is 10.5 Å². The zero-order valence-electron chi connectivity index (χ0n) is 13.3. The van der Waals surface area contributed by atoms with Gasteiger partial charge in [0.15, 0.2) is 0 Å². The number of carbonyl (C=O) groups excluding carboxylic acids is 1. The number of likely N-dealkylation sites (tertiary alicyclic amines) is 1. The lowest BCUT2D eigenvalue weighted by Gasteiger charge is -2.31. The van der Waals surface area contributed by atoms with Crippen molar-refractivity contribution in [3.63, 3.8) is 0 Å². The minimum absolute atomic E-state index is 0.262. The molecule has 1 aromatic rings. The molecule has 0 bridgehead atoms. The van der Waals surface area contributed by atoms with Crippen LogP contribution in [-0.2, 0) is 4.74 Å². The maximum absolute atomic E-state index is 12.0. The van der Waals surface area contributed by atoms with E-state index in [0.29, 0.717) is 24.5 Å². The fourth-order valence-corrected chi connectivity index (χ4v) is 2.27. The van der Waals surface area contributed by atoms with Gasteiger partial charge in [-0.3, -0.25) is 15.7 Å². The minimum Gasteiger partial charge on any atom is -0.444 e. The third kappa shape index (κ3) is 4.46. The molecule has 2 rings (SSSR count). The second kappa shape index (κ2) is 6.79. The molecule has 1 aliphatic heterocycles. The number of rotatable bonds is 2. The monoisotopic (exact) mass is 305 g/mol. The second-order valence-corrected chi connectivity index (χ2v) is 6.32. The lowest BCUT2D eigenvalue weighted by Crippen LogP contribution is -2.40. The summed E-state index contributed by atoms with van der Waals surface area (Å²) in [6, 6.07) is 3.51. The van der Waals surface area contributed by atoms with Gasteiger partial charge in [-0.15, -0.1) is 0 Å². The summed E-state index contributed by atoms with van der Waals surface area (Å²) < 4.78 is 5.38. The van der Waals surface area contributed by atoms with Gasteiger partial charge >= 0.3 is 6.09 Å². The molecule has 0 aromatic carbocycles. The molecule has 120 valence electrons. The Bertz CT molecular complexity index is 554. The van der Waals surface area contributed by atoms with Crippen molar-refractivity contribution in [1.29, 1.82) is 0 Å². The van der Waals surface area contributed by atoms with E-state index in [1.165, 1.54) is 5.57 Å². The Morgan fingerprint density at radius 3 is 2.68 bits per heavy atom. The van der Waals surface area contributed by atoms with Crippen molar-refractivity contribution in [1.82, 2.24) is 9.88 Å². The second-order valence-electron chi connectivity index (χ2n) is 6.32. The minimum atomic E-state index is -0.469. The maximum Gasteiger partial charge on any atom is 0.410 e. The Kier molecular flexibility index (Phi) is 5.03. The molecule has 0 unspecified atom stereocenters. The largest absolute Gasteiger partial charge is 0.444 e. The van der Waals surface area contributed by atoms with Crippen molar-refractivity contribution in [2.75, 3.05) is 18.6 Å². The number of ether oxygens (including phenoxy) is 1. The zero-order chi connectivity index (χ0) is 16.2. The fraction of sp³-hybridized carbons (Fsp3) is 0.500. The number of nitrogens with zero attached hydrogens (tertiary/aromatic N) is 2. The van der Waals surface area contributed by atoms with Crippen LogP contribution in [0.25, 0.3) is 6.08 Å². The van der Waals surface area contributed by atoms with E-state index in [9.17, 15) is 4.79 Å². The highest BCUT2D eigenvalue weighted by molar-refractivity contribution is 5.69. The van der Waals surface area contributed by atoms with Crippen LogP contribution in [0.1, 0.15) is 39.3 Å². The highest BCUT2D eigenvalue weighted by Gasteiger charge is 2.24. The summed E-state index contributed by atoms with van der Waals surface area (Å²) in [5.41, 5.74) is 4.15. The van der Waals surface area contributed by atoms with E-state index in [1.807, 2.05) is 26.8 Å². The molecule has 0 spiro atoms. The van der Waals surface area contributed by atoms with Crippen LogP contribution >= 0.6 is 0 Å². The Labute approximate surface area is 130 Å². The average molecular weight is 305 g/mol. The van der Waals surface area contributed by atoms with E-state index in [-0.39, 0.29) is 6.09 Å². The lowest BCUT2D eigenvalue weighted by atomic mass is 10.0. The molecule has 6 nitrogen and oxygen atoms in total. The molecule has 1 aromatic heterocycles. The number of hydrogen-bond acceptors (Lipinski definition) is 5. The number of pyridine rings is 1. The van der Waals surface area contributed by atoms with Gasteiger partial charge < -0.3 is 9.64 Å². The van der Waals surface area contributed by atoms with Gasteiger partial charge in [-0.1, -0.05) is 5.57 Å². The van der Waals surface area contributed by atoms with Crippen LogP contribution in [-0.4, -0.2) is 39.9 Å². The van der Waals surface area contributed by atoms with Crippen molar-refractivity contribution in [3.8, 4) is 0 Å². The molecular formula is C16H23N3O3. The third-order valence-corrected chi connectivity index (χ3v) is 3.36. The van der Waals surface area contributed by atoms with E-state index in [1.54, 1.807) is 23.2 Å². The summed E-state index contributed by atoms with van der Waals surface area (Å²) in [6.45, 7) is 6.87. The number of nitrogens with one attached hydrogen (secondary N) is 1. The molecular weight excluding hydrogens is 282 g/mol. The van der Waals surface area contributed by atoms with Crippen LogP contribution in [0.4, 0.5) is 10.5 Å². The van der Waals surface area contributed by atoms with Gasteiger partial charge in [0, 0.05) is 19.3 Å². The Balaban J connectivity index is 1.97. The van der Waals surface area contributed by atoms with Crippen molar-refractivity contribution in [2.45, 2.75) is 39.2 Å². The summed E-state index contributed by atoms with van der Waals surface area (Å²) in [6.07, 6.45) is 4.94. The van der Waals surface area contributed by atoms with Crippen LogP contribution in [0.15, 0.2) is 23.9 Å². The molecule has 1 amide bonds. The molecule has 0 atom stereocenters. The van der Waals surface area contributed by atoms with Gasteiger partial charge in [0.25, 0.3) is 0 Å². The van der Waals surface area contributed by atoms with Gasteiger partial charge in [-0.2, -0.15) is 0 Å². The first-order valence-corrected chi connectivity index (χ1v) is 7.41. The Hall–Kier alpha value is -2.08.